The summed E-state index contributed by atoms with van der Waals surface area (Å²) >= 11 is 3.64. The van der Waals surface area contributed by atoms with Crippen LogP contribution in [0.2, 0.25) is 0 Å². The van der Waals surface area contributed by atoms with Gasteiger partial charge < -0.3 is 0 Å². The van der Waals surface area contributed by atoms with Gasteiger partial charge in [-0.1, -0.05) is 18.2 Å². The van der Waals surface area contributed by atoms with Gasteiger partial charge in [0.05, 0.1) is 0 Å². The summed E-state index contributed by atoms with van der Waals surface area (Å²) in [7, 11) is 0. The number of allylic oxidation sites excluding steroid dienone is 1. The van der Waals surface area contributed by atoms with Crippen molar-refractivity contribution in [3.05, 3.63) is 47.1 Å². The number of thioether (sulfide) groups is 2. The first-order valence-corrected chi connectivity index (χ1v) is 7.09. The molecule has 0 saturated carbocycles. The van der Waals surface area contributed by atoms with Gasteiger partial charge in [-0.3, -0.25) is 4.79 Å². The van der Waals surface area contributed by atoms with Crippen LogP contribution in [0.15, 0.2) is 46.4 Å². The fraction of sp³-hybridized carbons (Fsp3) is 0.154. The maximum Gasteiger partial charge on any atom is 0.146 e. The van der Waals surface area contributed by atoms with Gasteiger partial charge in [0.25, 0.3) is 0 Å². The van der Waals surface area contributed by atoms with E-state index in [1.807, 2.05) is 11.8 Å². The Hall–Kier alpha value is -0.930. The molecule has 2 heterocycles. The molecule has 0 amide bonds. The molecular weight excluding hydrogens is 236 g/mol. The quantitative estimate of drug-likeness (QED) is 0.707. The second-order valence-electron chi connectivity index (χ2n) is 3.76. The highest BCUT2D eigenvalue weighted by atomic mass is 32.2. The minimum atomic E-state index is 0.807. The van der Waals surface area contributed by atoms with Gasteiger partial charge in [0.1, 0.15) is 6.29 Å². The van der Waals surface area contributed by atoms with Crippen LogP contribution in [-0.4, -0.2) is 17.8 Å². The number of benzene rings is 1. The molecule has 0 aliphatic carbocycles. The second kappa shape index (κ2) is 4.15. The monoisotopic (exact) mass is 246 g/mol. The van der Waals surface area contributed by atoms with Gasteiger partial charge in [-0.25, -0.2) is 0 Å². The molecule has 1 aromatic rings. The van der Waals surface area contributed by atoms with E-state index in [0.717, 1.165) is 23.4 Å². The molecule has 0 atom stereocenters. The highest BCUT2D eigenvalue weighted by molar-refractivity contribution is 8.09. The van der Waals surface area contributed by atoms with Gasteiger partial charge in [0, 0.05) is 32.4 Å². The van der Waals surface area contributed by atoms with Gasteiger partial charge >= 0.3 is 0 Å². The molecule has 3 rings (SSSR count). The van der Waals surface area contributed by atoms with Crippen LogP contribution in [0.5, 0.6) is 0 Å². The Morgan fingerprint density at radius 1 is 1.12 bits per heavy atom. The van der Waals surface area contributed by atoms with Crippen molar-refractivity contribution in [1.29, 1.82) is 0 Å². The molecule has 1 nitrogen and oxygen atoms in total. The van der Waals surface area contributed by atoms with Crippen LogP contribution in [0.1, 0.15) is 5.56 Å². The Bertz CT molecular complexity index is 514. The van der Waals surface area contributed by atoms with Crippen molar-refractivity contribution >= 4 is 34.7 Å². The maximum atomic E-state index is 10.8. The van der Waals surface area contributed by atoms with Crippen molar-refractivity contribution in [1.82, 2.24) is 0 Å². The highest BCUT2D eigenvalue weighted by Gasteiger charge is 2.21. The summed E-state index contributed by atoms with van der Waals surface area (Å²) in [5.74, 6) is 1.79. The third kappa shape index (κ3) is 1.64. The lowest BCUT2D eigenvalue weighted by atomic mass is 10.1. The van der Waals surface area contributed by atoms with Gasteiger partial charge in [-0.05, 0) is 17.7 Å². The van der Waals surface area contributed by atoms with E-state index in [1.54, 1.807) is 11.8 Å². The first-order valence-electron chi connectivity index (χ1n) is 5.12. The SMILES string of the molecule is O=CC1=CC2=C(SC1)c1ccccc1SC2. The first-order chi connectivity index (χ1) is 7.88. The lowest BCUT2D eigenvalue weighted by Gasteiger charge is -2.24. The molecule has 0 aromatic heterocycles. The Morgan fingerprint density at radius 2 is 2.00 bits per heavy atom. The average Bonchev–Trinajstić information content (AvgIpc) is 2.38. The third-order valence-electron chi connectivity index (χ3n) is 2.70. The van der Waals surface area contributed by atoms with Gasteiger partial charge in [-0.15, -0.1) is 23.5 Å². The van der Waals surface area contributed by atoms with E-state index in [9.17, 15) is 4.79 Å². The van der Waals surface area contributed by atoms with Crippen LogP contribution in [-0.2, 0) is 4.79 Å². The number of carbonyl (C=O) groups is 1. The van der Waals surface area contributed by atoms with E-state index in [0.29, 0.717) is 0 Å². The minimum absolute atomic E-state index is 0.807. The minimum Gasteiger partial charge on any atom is -0.298 e. The summed E-state index contributed by atoms with van der Waals surface area (Å²) in [5, 5.41) is 0. The smallest absolute Gasteiger partial charge is 0.146 e. The molecule has 0 N–H and O–H groups in total. The molecule has 1 aromatic carbocycles. The number of fused-ring (bicyclic) bond motifs is 2. The van der Waals surface area contributed by atoms with Crippen LogP contribution in [0.4, 0.5) is 0 Å². The van der Waals surface area contributed by atoms with E-state index in [2.05, 4.69) is 30.3 Å². The first kappa shape index (κ1) is 10.2. The predicted octanol–water partition coefficient (Wildman–Crippen LogP) is 3.38. The van der Waals surface area contributed by atoms with Gasteiger partial charge in [0.2, 0.25) is 0 Å². The van der Waals surface area contributed by atoms with E-state index in [1.165, 1.54) is 20.9 Å². The van der Waals surface area contributed by atoms with E-state index in [-0.39, 0.29) is 0 Å². The summed E-state index contributed by atoms with van der Waals surface area (Å²) < 4.78 is 0. The van der Waals surface area contributed by atoms with Crippen LogP contribution >= 0.6 is 23.5 Å². The standard InChI is InChI=1S/C13H10OS2/c14-6-9-5-10-8-15-12-4-2-1-3-11(12)13(10)16-7-9/h1-6H,7-8H2. The van der Waals surface area contributed by atoms with Crippen molar-refractivity contribution in [3.8, 4) is 0 Å². The van der Waals surface area contributed by atoms with Crippen molar-refractivity contribution in [2.24, 2.45) is 0 Å². The zero-order valence-corrected chi connectivity index (χ0v) is 10.2. The Morgan fingerprint density at radius 3 is 2.88 bits per heavy atom. The number of rotatable bonds is 1. The molecule has 0 bridgehead atoms. The molecule has 3 heteroatoms. The lowest BCUT2D eigenvalue weighted by Crippen LogP contribution is -2.06. The maximum absolute atomic E-state index is 10.8. The zero-order valence-electron chi connectivity index (χ0n) is 8.60. The molecule has 2 aliphatic rings. The molecular formula is C13H10OS2. The summed E-state index contributed by atoms with van der Waals surface area (Å²) in [6.07, 6.45) is 3.03. The van der Waals surface area contributed by atoms with Crippen molar-refractivity contribution in [2.75, 3.05) is 11.5 Å². The molecule has 0 unspecified atom stereocenters. The van der Waals surface area contributed by atoms with Gasteiger partial charge in [-0.2, -0.15) is 0 Å². The number of aldehydes is 1. The normalized spacial score (nSPS) is 18.6. The summed E-state index contributed by atoms with van der Waals surface area (Å²) in [6, 6.07) is 8.50. The van der Waals surface area contributed by atoms with Crippen molar-refractivity contribution in [2.45, 2.75) is 4.90 Å². The Labute approximate surface area is 103 Å². The molecule has 16 heavy (non-hydrogen) atoms. The lowest BCUT2D eigenvalue weighted by molar-refractivity contribution is -0.104. The number of carbonyl (C=O) groups excluding carboxylic acids is 1. The molecule has 80 valence electrons. The number of hydrogen-bond acceptors (Lipinski definition) is 3. The van der Waals surface area contributed by atoms with Crippen LogP contribution in [0, 0.1) is 0 Å². The average molecular weight is 246 g/mol. The molecule has 0 saturated heterocycles. The summed E-state index contributed by atoms with van der Waals surface area (Å²) in [4.78, 5) is 13.5. The predicted molar refractivity (Wildman–Crippen MR) is 70.7 cm³/mol. The van der Waals surface area contributed by atoms with Crippen LogP contribution in [0.25, 0.3) is 4.91 Å². The topological polar surface area (TPSA) is 17.1 Å². The largest absolute Gasteiger partial charge is 0.298 e. The summed E-state index contributed by atoms with van der Waals surface area (Å²) in [6.45, 7) is 0. The van der Waals surface area contributed by atoms with E-state index >= 15 is 0 Å². The van der Waals surface area contributed by atoms with E-state index in [4.69, 9.17) is 0 Å². The molecule has 0 spiro atoms. The molecule has 0 fully saturated rings. The zero-order chi connectivity index (χ0) is 11.0. The van der Waals surface area contributed by atoms with Gasteiger partial charge in [0.15, 0.2) is 0 Å². The van der Waals surface area contributed by atoms with E-state index < -0.39 is 0 Å². The Kier molecular flexibility index (Phi) is 2.65. The molecule has 2 aliphatic heterocycles. The fourth-order valence-corrected chi connectivity index (χ4v) is 4.25. The second-order valence-corrected chi connectivity index (χ2v) is 5.77. The van der Waals surface area contributed by atoms with Crippen LogP contribution < -0.4 is 0 Å². The summed E-state index contributed by atoms with van der Waals surface area (Å²) in [5.41, 5.74) is 3.55. The fourth-order valence-electron chi connectivity index (χ4n) is 1.94. The third-order valence-corrected chi connectivity index (χ3v) is 5.07. The van der Waals surface area contributed by atoms with Crippen LogP contribution in [0.3, 0.4) is 0 Å². The van der Waals surface area contributed by atoms with Crippen molar-refractivity contribution < 1.29 is 4.79 Å². The van der Waals surface area contributed by atoms with Crippen molar-refractivity contribution in [3.63, 3.8) is 0 Å². The number of hydrogen-bond donors (Lipinski definition) is 0. The molecule has 0 radical (unpaired) electrons. The Balaban J connectivity index is 2.12. The highest BCUT2D eigenvalue weighted by Crippen LogP contribution is 2.45.